The van der Waals surface area contributed by atoms with Gasteiger partial charge in [-0.1, -0.05) is 98.3 Å². The van der Waals surface area contributed by atoms with Gasteiger partial charge in [0.05, 0.1) is 0 Å². The molecule has 0 saturated carbocycles. The van der Waals surface area contributed by atoms with E-state index in [4.69, 9.17) is 0 Å². The molecule has 0 fully saturated rings. The highest BCUT2D eigenvalue weighted by Gasteiger charge is 2.06. The molecule has 0 aromatic carbocycles. The van der Waals surface area contributed by atoms with E-state index in [0.717, 1.165) is 5.92 Å². The summed E-state index contributed by atoms with van der Waals surface area (Å²) in [7, 11) is 0. The largest absolute Gasteiger partial charge is 0.314 e. The maximum absolute atomic E-state index is 3.58. The minimum Gasteiger partial charge on any atom is -0.314 e. The van der Waals surface area contributed by atoms with Crippen molar-refractivity contribution in [3.63, 3.8) is 0 Å². The van der Waals surface area contributed by atoms with Crippen LogP contribution < -0.4 is 5.32 Å². The minimum atomic E-state index is 0.636. The predicted octanol–water partition coefficient (Wildman–Crippen LogP) is 6.32. The Bertz CT molecular complexity index is 177. The van der Waals surface area contributed by atoms with Crippen molar-refractivity contribution in [2.75, 3.05) is 6.54 Å². The van der Waals surface area contributed by atoms with E-state index in [-0.39, 0.29) is 0 Å². The van der Waals surface area contributed by atoms with Gasteiger partial charge in [-0.15, -0.1) is 0 Å². The van der Waals surface area contributed by atoms with Gasteiger partial charge in [-0.3, -0.25) is 0 Å². The molecule has 122 valence electrons. The third kappa shape index (κ3) is 14.4. The molecule has 0 aromatic rings. The van der Waals surface area contributed by atoms with Crippen molar-refractivity contribution in [1.29, 1.82) is 0 Å². The van der Waals surface area contributed by atoms with Crippen LogP contribution in [0.15, 0.2) is 0 Å². The average molecular weight is 284 g/mol. The summed E-state index contributed by atoms with van der Waals surface area (Å²) in [5.74, 6) is 0.895. The summed E-state index contributed by atoms with van der Waals surface area (Å²) in [6.45, 7) is 10.3. The third-order valence-electron chi connectivity index (χ3n) is 4.36. The van der Waals surface area contributed by atoms with Crippen LogP contribution in [0.3, 0.4) is 0 Å². The van der Waals surface area contributed by atoms with Gasteiger partial charge in [0.2, 0.25) is 0 Å². The second kappa shape index (κ2) is 15.4. The van der Waals surface area contributed by atoms with Gasteiger partial charge >= 0.3 is 0 Å². The quantitative estimate of drug-likeness (QED) is 0.347. The standard InChI is InChI=1S/C19H41N/c1-5-7-8-9-10-11-12-13-14-15-16-19(6-2)17-20-18(3)4/h18-20H,5-17H2,1-4H3. The second-order valence-electron chi connectivity index (χ2n) is 6.81. The fourth-order valence-electron chi connectivity index (χ4n) is 2.77. The van der Waals surface area contributed by atoms with E-state index in [1.54, 1.807) is 0 Å². The van der Waals surface area contributed by atoms with Crippen LogP contribution in [-0.2, 0) is 0 Å². The zero-order chi connectivity index (χ0) is 15.1. The predicted molar refractivity (Wildman–Crippen MR) is 93.4 cm³/mol. The van der Waals surface area contributed by atoms with Crippen molar-refractivity contribution in [3.05, 3.63) is 0 Å². The Kier molecular flexibility index (Phi) is 15.3. The first kappa shape index (κ1) is 20.0. The molecule has 0 amide bonds. The Morgan fingerprint density at radius 1 is 0.700 bits per heavy atom. The van der Waals surface area contributed by atoms with Crippen LogP contribution in [0.4, 0.5) is 0 Å². The molecule has 0 spiro atoms. The van der Waals surface area contributed by atoms with Gasteiger partial charge in [-0.05, 0) is 18.9 Å². The molecule has 1 nitrogen and oxygen atoms in total. The van der Waals surface area contributed by atoms with Crippen LogP contribution in [0.5, 0.6) is 0 Å². The Labute approximate surface area is 129 Å². The van der Waals surface area contributed by atoms with E-state index in [9.17, 15) is 0 Å². The number of rotatable bonds is 15. The molecule has 0 heterocycles. The van der Waals surface area contributed by atoms with Gasteiger partial charge < -0.3 is 5.32 Å². The maximum Gasteiger partial charge on any atom is 0.00104 e. The molecule has 0 aromatic heterocycles. The molecule has 1 atom stereocenters. The lowest BCUT2D eigenvalue weighted by atomic mass is 9.97. The Morgan fingerprint density at radius 3 is 1.65 bits per heavy atom. The van der Waals surface area contributed by atoms with E-state index in [1.165, 1.54) is 83.6 Å². The van der Waals surface area contributed by atoms with Gasteiger partial charge in [0, 0.05) is 6.04 Å². The minimum absolute atomic E-state index is 0.636. The van der Waals surface area contributed by atoms with Gasteiger partial charge in [0.15, 0.2) is 0 Å². The van der Waals surface area contributed by atoms with Crippen LogP contribution >= 0.6 is 0 Å². The molecule has 0 aliphatic carbocycles. The van der Waals surface area contributed by atoms with Crippen molar-refractivity contribution >= 4 is 0 Å². The molecule has 0 radical (unpaired) electrons. The van der Waals surface area contributed by atoms with Crippen LogP contribution in [0, 0.1) is 5.92 Å². The van der Waals surface area contributed by atoms with E-state index in [2.05, 4.69) is 33.0 Å². The van der Waals surface area contributed by atoms with Crippen LogP contribution in [0.1, 0.15) is 105 Å². The normalized spacial score (nSPS) is 13.1. The summed E-state index contributed by atoms with van der Waals surface area (Å²) in [5, 5.41) is 3.58. The molecule has 1 N–H and O–H groups in total. The van der Waals surface area contributed by atoms with Gasteiger partial charge in [-0.25, -0.2) is 0 Å². The lowest BCUT2D eigenvalue weighted by molar-refractivity contribution is 0.395. The summed E-state index contributed by atoms with van der Waals surface area (Å²) in [4.78, 5) is 0. The fraction of sp³-hybridized carbons (Fsp3) is 1.00. The molecule has 20 heavy (non-hydrogen) atoms. The number of nitrogens with one attached hydrogen (secondary N) is 1. The lowest BCUT2D eigenvalue weighted by Crippen LogP contribution is -2.28. The fourth-order valence-corrected chi connectivity index (χ4v) is 2.77. The first-order chi connectivity index (χ1) is 9.70. The highest BCUT2D eigenvalue weighted by molar-refractivity contribution is 4.63. The summed E-state index contributed by atoms with van der Waals surface area (Å²) in [6, 6.07) is 0.636. The van der Waals surface area contributed by atoms with Crippen molar-refractivity contribution in [3.8, 4) is 0 Å². The van der Waals surface area contributed by atoms with Crippen molar-refractivity contribution < 1.29 is 0 Å². The molecular weight excluding hydrogens is 242 g/mol. The summed E-state index contributed by atoms with van der Waals surface area (Å²) < 4.78 is 0. The molecule has 1 unspecified atom stereocenters. The smallest absolute Gasteiger partial charge is 0.00104 e. The molecule has 0 aliphatic rings. The first-order valence-electron chi connectivity index (χ1n) is 9.44. The molecule has 0 bridgehead atoms. The molecule has 0 saturated heterocycles. The molecule has 0 rings (SSSR count). The van der Waals surface area contributed by atoms with E-state index in [1.807, 2.05) is 0 Å². The summed E-state index contributed by atoms with van der Waals surface area (Å²) in [5.41, 5.74) is 0. The van der Waals surface area contributed by atoms with Gasteiger partial charge in [-0.2, -0.15) is 0 Å². The highest BCUT2D eigenvalue weighted by atomic mass is 14.9. The molecule has 0 aliphatic heterocycles. The molecular formula is C19H41N. The number of hydrogen-bond acceptors (Lipinski definition) is 1. The van der Waals surface area contributed by atoms with Crippen molar-refractivity contribution in [1.82, 2.24) is 5.32 Å². The van der Waals surface area contributed by atoms with E-state index >= 15 is 0 Å². The Morgan fingerprint density at radius 2 is 1.20 bits per heavy atom. The van der Waals surface area contributed by atoms with E-state index in [0.29, 0.717) is 6.04 Å². The highest BCUT2D eigenvalue weighted by Crippen LogP contribution is 2.15. The SMILES string of the molecule is CCCCCCCCCCCCC(CC)CNC(C)C. The number of hydrogen-bond donors (Lipinski definition) is 1. The lowest BCUT2D eigenvalue weighted by Gasteiger charge is -2.17. The second-order valence-corrected chi connectivity index (χ2v) is 6.81. The Balaban J connectivity index is 3.24. The molecule has 1 heteroatoms. The maximum atomic E-state index is 3.58. The zero-order valence-corrected chi connectivity index (χ0v) is 14.8. The monoisotopic (exact) mass is 283 g/mol. The summed E-state index contributed by atoms with van der Waals surface area (Å²) in [6.07, 6.45) is 17.2. The van der Waals surface area contributed by atoms with Crippen LogP contribution in [-0.4, -0.2) is 12.6 Å². The first-order valence-corrected chi connectivity index (χ1v) is 9.44. The van der Waals surface area contributed by atoms with Crippen molar-refractivity contribution in [2.45, 2.75) is 111 Å². The van der Waals surface area contributed by atoms with Crippen LogP contribution in [0.25, 0.3) is 0 Å². The Hall–Kier alpha value is -0.0400. The van der Waals surface area contributed by atoms with Crippen LogP contribution in [0.2, 0.25) is 0 Å². The van der Waals surface area contributed by atoms with Crippen molar-refractivity contribution in [2.24, 2.45) is 5.92 Å². The van der Waals surface area contributed by atoms with Gasteiger partial charge in [0.1, 0.15) is 0 Å². The zero-order valence-electron chi connectivity index (χ0n) is 14.8. The van der Waals surface area contributed by atoms with Gasteiger partial charge in [0.25, 0.3) is 0 Å². The average Bonchev–Trinajstić information content (AvgIpc) is 2.44. The summed E-state index contributed by atoms with van der Waals surface area (Å²) >= 11 is 0. The van der Waals surface area contributed by atoms with E-state index < -0.39 is 0 Å². The third-order valence-corrected chi connectivity index (χ3v) is 4.36. The number of unbranched alkanes of at least 4 members (excludes halogenated alkanes) is 9. The topological polar surface area (TPSA) is 12.0 Å².